The molecule has 0 aliphatic carbocycles. The van der Waals surface area contributed by atoms with E-state index in [2.05, 4.69) is 4.99 Å². The highest BCUT2D eigenvalue weighted by molar-refractivity contribution is 7.16. The molecule has 0 N–H and O–H groups in total. The zero-order valence-corrected chi connectivity index (χ0v) is 16.2. The molecule has 0 spiro atoms. The molecule has 0 atom stereocenters. The highest BCUT2D eigenvalue weighted by Crippen LogP contribution is 2.23. The first-order valence-corrected chi connectivity index (χ1v) is 9.24. The second kappa shape index (κ2) is 8.32. The van der Waals surface area contributed by atoms with Crippen LogP contribution in [0.25, 0.3) is 10.2 Å². The Morgan fingerprint density at radius 1 is 1.29 bits per heavy atom. The van der Waals surface area contributed by atoms with E-state index in [1.807, 2.05) is 0 Å². The number of methoxy groups -OCH3 is 1. The number of carbonyl (C=O) groups excluding carboxylic acids is 2. The van der Waals surface area contributed by atoms with Crippen molar-refractivity contribution >= 4 is 50.7 Å². The number of fused-ring (bicyclic) bond motifs is 1. The van der Waals surface area contributed by atoms with Gasteiger partial charge in [0.05, 0.1) is 28.7 Å². The molecule has 0 aliphatic rings. The molecule has 0 aliphatic heterocycles. The molecule has 10 heteroatoms. The number of carbonyl (C=O) groups is 2. The van der Waals surface area contributed by atoms with E-state index in [1.165, 1.54) is 29.9 Å². The Labute approximate surface area is 167 Å². The Morgan fingerprint density at radius 2 is 2.04 bits per heavy atom. The maximum absolute atomic E-state index is 12.4. The fourth-order valence-corrected chi connectivity index (χ4v) is 3.84. The molecule has 0 radical (unpaired) electrons. The number of non-ortho nitro benzene ring substituents is 1. The van der Waals surface area contributed by atoms with Crippen LogP contribution in [-0.2, 0) is 27.3 Å². The zero-order valence-electron chi connectivity index (χ0n) is 14.6. The highest BCUT2D eigenvalue weighted by atomic mass is 35.5. The molecule has 0 saturated carbocycles. The normalized spacial score (nSPS) is 11.6. The Bertz CT molecular complexity index is 1150. The van der Waals surface area contributed by atoms with Gasteiger partial charge in [0.2, 0.25) is 0 Å². The first-order chi connectivity index (χ1) is 13.4. The molecular weight excluding hydrogens is 406 g/mol. The third-order valence-corrected chi connectivity index (χ3v) is 5.32. The number of nitro groups is 1. The largest absolute Gasteiger partial charge is 0.468 e. The summed E-state index contributed by atoms with van der Waals surface area (Å²) in [4.78, 5) is 39.1. The first-order valence-electron chi connectivity index (χ1n) is 8.04. The van der Waals surface area contributed by atoms with E-state index in [4.69, 9.17) is 16.3 Å². The minimum atomic E-state index is -0.530. The van der Waals surface area contributed by atoms with Crippen LogP contribution < -0.4 is 4.80 Å². The smallest absolute Gasteiger partial charge is 0.325 e. The van der Waals surface area contributed by atoms with Crippen molar-refractivity contribution in [3.63, 3.8) is 0 Å². The lowest BCUT2D eigenvalue weighted by Gasteiger charge is -2.04. The van der Waals surface area contributed by atoms with Gasteiger partial charge >= 0.3 is 5.97 Å². The van der Waals surface area contributed by atoms with Gasteiger partial charge in [0.15, 0.2) is 4.80 Å². The monoisotopic (exact) mass is 419 g/mol. The van der Waals surface area contributed by atoms with Crippen molar-refractivity contribution in [1.82, 2.24) is 4.57 Å². The van der Waals surface area contributed by atoms with E-state index in [1.54, 1.807) is 24.3 Å². The maximum atomic E-state index is 12.4. The van der Waals surface area contributed by atoms with Crippen LogP contribution >= 0.6 is 22.9 Å². The molecule has 3 rings (SSSR count). The fourth-order valence-electron chi connectivity index (χ4n) is 2.56. The van der Waals surface area contributed by atoms with Gasteiger partial charge in [-0.2, -0.15) is 4.99 Å². The number of benzene rings is 2. The summed E-state index contributed by atoms with van der Waals surface area (Å²) >= 11 is 7.16. The molecule has 144 valence electrons. The van der Waals surface area contributed by atoms with Crippen LogP contribution in [0.2, 0.25) is 5.02 Å². The predicted molar refractivity (Wildman–Crippen MR) is 104 cm³/mol. The molecule has 3 aromatic rings. The predicted octanol–water partition coefficient (Wildman–Crippen LogP) is 3.11. The van der Waals surface area contributed by atoms with E-state index in [0.717, 1.165) is 11.3 Å². The summed E-state index contributed by atoms with van der Waals surface area (Å²) in [5.74, 6) is -0.981. The number of ether oxygens (including phenoxy) is 1. The number of hydrogen-bond donors (Lipinski definition) is 0. The maximum Gasteiger partial charge on any atom is 0.325 e. The van der Waals surface area contributed by atoms with Crippen molar-refractivity contribution < 1.29 is 19.2 Å². The molecule has 2 aromatic carbocycles. The average Bonchev–Trinajstić information content (AvgIpc) is 2.99. The Kier molecular flexibility index (Phi) is 5.86. The van der Waals surface area contributed by atoms with Crippen LogP contribution in [0.5, 0.6) is 0 Å². The van der Waals surface area contributed by atoms with Crippen LogP contribution in [0.4, 0.5) is 5.69 Å². The Morgan fingerprint density at radius 3 is 2.71 bits per heavy atom. The molecule has 0 fully saturated rings. The van der Waals surface area contributed by atoms with Gasteiger partial charge in [-0.25, -0.2) is 0 Å². The molecule has 0 bridgehead atoms. The highest BCUT2D eigenvalue weighted by Gasteiger charge is 2.15. The minimum Gasteiger partial charge on any atom is -0.468 e. The zero-order chi connectivity index (χ0) is 20.3. The van der Waals surface area contributed by atoms with E-state index >= 15 is 0 Å². The number of halogens is 1. The van der Waals surface area contributed by atoms with Gasteiger partial charge in [-0.3, -0.25) is 19.7 Å². The van der Waals surface area contributed by atoms with Crippen molar-refractivity contribution in [2.45, 2.75) is 13.0 Å². The van der Waals surface area contributed by atoms with Gasteiger partial charge in [0, 0.05) is 17.2 Å². The summed E-state index contributed by atoms with van der Waals surface area (Å²) in [5.41, 5.74) is 1.09. The van der Waals surface area contributed by atoms with Gasteiger partial charge in [0.25, 0.3) is 11.6 Å². The third kappa shape index (κ3) is 4.26. The molecule has 1 amide bonds. The van der Waals surface area contributed by atoms with Gasteiger partial charge in [0.1, 0.15) is 6.54 Å². The number of hydrogen-bond acceptors (Lipinski definition) is 6. The van der Waals surface area contributed by atoms with E-state index < -0.39 is 16.8 Å². The number of thiazole rings is 1. The van der Waals surface area contributed by atoms with Gasteiger partial charge in [-0.15, -0.1) is 0 Å². The molecule has 1 heterocycles. The SMILES string of the molecule is COC(=O)Cn1c(=NC(=O)Cc2ccccc2Cl)sc2cc([N+](=O)[O-])ccc21. The molecule has 1 aromatic heterocycles. The van der Waals surface area contributed by atoms with E-state index in [9.17, 15) is 19.7 Å². The summed E-state index contributed by atoms with van der Waals surface area (Å²) in [6.45, 7) is -0.174. The molecule has 28 heavy (non-hydrogen) atoms. The van der Waals surface area contributed by atoms with Crippen molar-refractivity contribution in [3.8, 4) is 0 Å². The van der Waals surface area contributed by atoms with Crippen LogP contribution in [0, 0.1) is 10.1 Å². The molecule has 0 unspecified atom stereocenters. The quantitative estimate of drug-likeness (QED) is 0.359. The van der Waals surface area contributed by atoms with Crippen LogP contribution in [0.15, 0.2) is 47.5 Å². The lowest BCUT2D eigenvalue weighted by molar-refractivity contribution is -0.384. The topological polar surface area (TPSA) is 104 Å². The average molecular weight is 420 g/mol. The fraction of sp³-hybridized carbons (Fsp3) is 0.167. The number of nitro benzene ring substituents is 1. The number of esters is 1. The van der Waals surface area contributed by atoms with Crippen LogP contribution in [0.1, 0.15) is 5.56 Å². The van der Waals surface area contributed by atoms with Crippen molar-refractivity contribution in [3.05, 3.63) is 68.0 Å². The summed E-state index contributed by atoms with van der Waals surface area (Å²) < 4.78 is 6.73. The number of nitrogens with zero attached hydrogens (tertiary/aromatic N) is 3. The van der Waals surface area contributed by atoms with E-state index in [0.29, 0.717) is 20.8 Å². The van der Waals surface area contributed by atoms with Crippen molar-refractivity contribution in [1.29, 1.82) is 0 Å². The summed E-state index contributed by atoms with van der Waals surface area (Å²) in [6, 6.07) is 11.2. The van der Waals surface area contributed by atoms with Crippen molar-refractivity contribution in [2.24, 2.45) is 4.99 Å². The summed E-state index contributed by atoms with van der Waals surface area (Å²) in [6.07, 6.45) is -0.00765. The third-order valence-electron chi connectivity index (χ3n) is 3.91. The van der Waals surface area contributed by atoms with Crippen molar-refractivity contribution in [2.75, 3.05) is 7.11 Å². The minimum absolute atomic E-state index is 0.00765. The standard InChI is InChI=1S/C18H14ClN3O5S/c1-27-17(24)10-21-14-7-6-12(22(25)26)9-15(14)28-18(21)20-16(23)8-11-4-2-3-5-13(11)19/h2-7,9H,8,10H2,1H3. The van der Waals surface area contributed by atoms with Crippen LogP contribution in [-0.4, -0.2) is 28.5 Å². The number of aromatic nitrogens is 1. The molecular formula is C18H14ClN3O5S. The summed E-state index contributed by atoms with van der Waals surface area (Å²) in [5, 5.41) is 11.5. The molecule has 8 nitrogen and oxygen atoms in total. The van der Waals surface area contributed by atoms with E-state index in [-0.39, 0.29) is 23.5 Å². The number of amides is 1. The second-order valence-corrected chi connectivity index (χ2v) is 7.15. The first kappa shape index (κ1) is 19.7. The Hall–Kier alpha value is -3.04. The summed E-state index contributed by atoms with van der Waals surface area (Å²) in [7, 11) is 1.25. The second-order valence-electron chi connectivity index (χ2n) is 5.73. The Balaban J connectivity index is 2.06. The van der Waals surface area contributed by atoms with Gasteiger partial charge in [-0.05, 0) is 17.7 Å². The van der Waals surface area contributed by atoms with Gasteiger partial charge in [-0.1, -0.05) is 41.1 Å². The molecule has 0 saturated heterocycles. The lowest BCUT2D eigenvalue weighted by Crippen LogP contribution is -2.22. The lowest BCUT2D eigenvalue weighted by atomic mass is 10.1. The van der Waals surface area contributed by atoms with Crippen LogP contribution in [0.3, 0.4) is 0 Å². The van der Waals surface area contributed by atoms with Gasteiger partial charge < -0.3 is 9.30 Å². The number of rotatable bonds is 5.